The van der Waals surface area contributed by atoms with Gasteiger partial charge in [0.15, 0.2) is 0 Å². The SMILES string of the molecule is Cc1ccc2c(c1)N(CC(O)COC(C)(C)C)CC2. The Balaban J connectivity index is 1.93. The maximum Gasteiger partial charge on any atom is 0.0948 e. The predicted octanol–water partition coefficient (Wildman–Crippen LogP) is 2.53. The van der Waals surface area contributed by atoms with Gasteiger partial charge in [0, 0.05) is 18.8 Å². The Morgan fingerprint density at radius 1 is 1.37 bits per heavy atom. The third kappa shape index (κ3) is 3.95. The van der Waals surface area contributed by atoms with Crippen LogP contribution in [0.4, 0.5) is 5.69 Å². The summed E-state index contributed by atoms with van der Waals surface area (Å²) < 4.78 is 5.64. The zero-order valence-electron chi connectivity index (χ0n) is 12.4. The molecule has 106 valence electrons. The number of fused-ring (bicyclic) bond motifs is 1. The molecule has 1 aromatic carbocycles. The highest BCUT2D eigenvalue weighted by molar-refractivity contribution is 5.59. The van der Waals surface area contributed by atoms with E-state index in [0.29, 0.717) is 13.2 Å². The first kappa shape index (κ1) is 14.4. The van der Waals surface area contributed by atoms with Crippen LogP contribution in [0, 0.1) is 6.92 Å². The second kappa shape index (κ2) is 5.51. The number of ether oxygens (including phenoxy) is 1. The molecule has 0 radical (unpaired) electrons. The minimum absolute atomic E-state index is 0.194. The zero-order valence-corrected chi connectivity index (χ0v) is 12.4. The van der Waals surface area contributed by atoms with E-state index >= 15 is 0 Å². The third-order valence-corrected chi connectivity index (χ3v) is 3.37. The van der Waals surface area contributed by atoms with E-state index in [1.165, 1.54) is 16.8 Å². The molecule has 1 aliphatic rings. The van der Waals surface area contributed by atoms with Gasteiger partial charge < -0.3 is 14.7 Å². The minimum Gasteiger partial charge on any atom is -0.389 e. The monoisotopic (exact) mass is 263 g/mol. The molecule has 0 fully saturated rings. The Hall–Kier alpha value is -1.06. The molecule has 1 aromatic rings. The molecule has 3 nitrogen and oxygen atoms in total. The number of hydrogen-bond acceptors (Lipinski definition) is 3. The fourth-order valence-electron chi connectivity index (χ4n) is 2.40. The summed E-state index contributed by atoms with van der Waals surface area (Å²) in [5.41, 5.74) is 3.73. The van der Waals surface area contributed by atoms with E-state index < -0.39 is 6.10 Å². The van der Waals surface area contributed by atoms with Crippen LogP contribution in [0.2, 0.25) is 0 Å². The van der Waals surface area contributed by atoms with Gasteiger partial charge >= 0.3 is 0 Å². The first-order chi connectivity index (χ1) is 8.85. The summed E-state index contributed by atoms with van der Waals surface area (Å²) in [5, 5.41) is 10.1. The molecule has 0 saturated heterocycles. The summed E-state index contributed by atoms with van der Waals surface area (Å²) in [4.78, 5) is 2.26. The van der Waals surface area contributed by atoms with Crippen molar-refractivity contribution in [3.05, 3.63) is 29.3 Å². The van der Waals surface area contributed by atoms with Gasteiger partial charge in [-0.25, -0.2) is 0 Å². The third-order valence-electron chi connectivity index (χ3n) is 3.37. The van der Waals surface area contributed by atoms with Gasteiger partial charge in [-0.05, 0) is 51.3 Å². The Morgan fingerprint density at radius 3 is 2.79 bits per heavy atom. The van der Waals surface area contributed by atoms with Gasteiger partial charge in [-0.15, -0.1) is 0 Å². The van der Waals surface area contributed by atoms with Crippen LogP contribution in [0.5, 0.6) is 0 Å². The number of aryl methyl sites for hydroxylation is 1. The number of aliphatic hydroxyl groups excluding tert-OH is 1. The van der Waals surface area contributed by atoms with E-state index in [9.17, 15) is 5.11 Å². The van der Waals surface area contributed by atoms with Crippen molar-refractivity contribution in [3.63, 3.8) is 0 Å². The largest absolute Gasteiger partial charge is 0.389 e. The van der Waals surface area contributed by atoms with Crippen LogP contribution in [0.15, 0.2) is 18.2 Å². The highest BCUT2D eigenvalue weighted by Gasteiger charge is 2.22. The first-order valence-corrected chi connectivity index (χ1v) is 7.02. The zero-order chi connectivity index (χ0) is 14.0. The summed E-state index contributed by atoms with van der Waals surface area (Å²) in [7, 11) is 0. The van der Waals surface area contributed by atoms with Crippen molar-refractivity contribution in [1.82, 2.24) is 0 Å². The van der Waals surface area contributed by atoms with Gasteiger partial charge in [0.1, 0.15) is 0 Å². The molecule has 1 aliphatic heterocycles. The Bertz CT molecular complexity index is 437. The number of hydrogen-bond donors (Lipinski definition) is 1. The first-order valence-electron chi connectivity index (χ1n) is 7.02. The highest BCUT2D eigenvalue weighted by Crippen LogP contribution is 2.28. The van der Waals surface area contributed by atoms with Crippen LogP contribution in [-0.2, 0) is 11.2 Å². The average molecular weight is 263 g/mol. The van der Waals surface area contributed by atoms with Crippen molar-refractivity contribution >= 4 is 5.69 Å². The van der Waals surface area contributed by atoms with Crippen LogP contribution in [0.1, 0.15) is 31.9 Å². The van der Waals surface area contributed by atoms with E-state index in [1.54, 1.807) is 0 Å². The number of β-amino-alcohol motifs (C(OH)–C–C–N with tert-alkyl or cyclic N) is 1. The lowest BCUT2D eigenvalue weighted by molar-refractivity contribution is -0.0462. The van der Waals surface area contributed by atoms with Gasteiger partial charge in [0.25, 0.3) is 0 Å². The molecule has 1 unspecified atom stereocenters. The van der Waals surface area contributed by atoms with Crippen LogP contribution in [0.25, 0.3) is 0 Å². The molecule has 0 amide bonds. The average Bonchev–Trinajstić information content (AvgIpc) is 2.68. The summed E-state index contributed by atoms with van der Waals surface area (Å²) >= 11 is 0. The smallest absolute Gasteiger partial charge is 0.0948 e. The number of rotatable bonds is 4. The molecule has 0 bridgehead atoms. The van der Waals surface area contributed by atoms with E-state index in [2.05, 4.69) is 30.0 Å². The van der Waals surface area contributed by atoms with E-state index in [-0.39, 0.29) is 5.60 Å². The minimum atomic E-state index is -0.439. The molecule has 3 heteroatoms. The molecule has 0 aromatic heterocycles. The fourth-order valence-corrected chi connectivity index (χ4v) is 2.40. The van der Waals surface area contributed by atoms with Crippen molar-refractivity contribution in [2.75, 3.05) is 24.6 Å². The van der Waals surface area contributed by atoms with Crippen LogP contribution >= 0.6 is 0 Å². The normalized spacial score (nSPS) is 16.6. The summed E-state index contributed by atoms with van der Waals surface area (Å²) in [6, 6.07) is 6.56. The number of anilines is 1. The topological polar surface area (TPSA) is 32.7 Å². The van der Waals surface area contributed by atoms with Crippen molar-refractivity contribution in [2.45, 2.75) is 45.8 Å². The Morgan fingerprint density at radius 2 is 2.11 bits per heavy atom. The maximum absolute atomic E-state index is 10.1. The van der Waals surface area contributed by atoms with Crippen molar-refractivity contribution in [3.8, 4) is 0 Å². The lowest BCUT2D eigenvalue weighted by Crippen LogP contribution is -2.36. The molecule has 0 aliphatic carbocycles. The molecule has 1 N–H and O–H groups in total. The summed E-state index contributed by atoms with van der Waals surface area (Å²) in [6.45, 7) is 10.2. The van der Waals surface area contributed by atoms with Crippen molar-refractivity contribution in [1.29, 1.82) is 0 Å². The molecular weight excluding hydrogens is 238 g/mol. The molecule has 0 spiro atoms. The summed E-state index contributed by atoms with van der Waals surface area (Å²) in [5.74, 6) is 0. The lowest BCUT2D eigenvalue weighted by atomic mass is 10.1. The lowest BCUT2D eigenvalue weighted by Gasteiger charge is -2.26. The molecule has 19 heavy (non-hydrogen) atoms. The van der Waals surface area contributed by atoms with Gasteiger partial charge in [0.05, 0.1) is 18.3 Å². The Kier molecular flexibility index (Phi) is 4.16. The highest BCUT2D eigenvalue weighted by atomic mass is 16.5. The van der Waals surface area contributed by atoms with Gasteiger partial charge in [-0.1, -0.05) is 12.1 Å². The molecule has 0 saturated carbocycles. The quantitative estimate of drug-likeness (QED) is 0.906. The molecule has 1 heterocycles. The van der Waals surface area contributed by atoms with Crippen LogP contribution in [0.3, 0.4) is 0 Å². The number of aliphatic hydroxyl groups is 1. The molecule has 2 rings (SSSR count). The molecular formula is C16H25NO2. The van der Waals surface area contributed by atoms with Crippen LogP contribution in [-0.4, -0.2) is 36.5 Å². The molecule has 1 atom stereocenters. The van der Waals surface area contributed by atoms with Crippen LogP contribution < -0.4 is 4.90 Å². The van der Waals surface area contributed by atoms with E-state index in [1.807, 2.05) is 20.8 Å². The second-order valence-corrected chi connectivity index (χ2v) is 6.41. The maximum atomic E-state index is 10.1. The number of benzene rings is 1. The fraction of sp³-hybridized carbons (Fsp3) is 0.625. The summed E-state index contributed by atoms with van der Waals surface area (Å²) in [6.07, 6.45) is 0.633. The second-order valence-electron chi connectivity index (χ2n) is 6.41. The standard InChI is InChI=1S/C16H25NO2/c1-12-5-6-13-7-8-17(15(13)9-12)10-14(18)11-19-16(2,3)4/h5-6,9,14,18H,7-8,10-11H2,1-4H3. The van der Waals surface area contributed by atoms with Gasteiger partial charge in [0.2, 0.25) is 0 Å². The Labute approximate surface area is 116 Å². The predicted molar refractivity (Wildman–Crippen MR) is 78.8 cm³/mol. The van der Waals surface area contributed by atoms with E-state index in [0.717, 1.165) is 13.0 Å². The van der Waals surface area contributed by atoms with E-state index in [4.69, 9.17) is 4.74 Å². The van der Waals surface area contributed by atoms with Crippen molar-refractivity contribution in [2.24, 2.45) is 0 Å². The van der Waals surface area contributed by atoms with Crippen molar-refractivity contribution < 1.29 is 9.84 Å². The van der Waals surface area contributed by atoms with Gasteiger partial charge in [-0.3, -0.25) is 0 Å². The van der Waals surface area contributed by atoms with Gasteiger partial charge in [-0.2, -0.15) is 0 Å². The number of nitrogens with zero attached hydrogens (tertiary/aromatic N) is 1.